The molecule has 1 aromatic carbocycles. The summed E-state index contributed by atoms with van der Waals surface area (Å²) >= 11 is 0. The lowest BCUT2D eigenvalue weighted by Crippen LogP contribution is -2.44. The Morgan fingerprint density at radius 2 is 1.84 bits per heavy atom. The first-order valence-electron chi connectivity index (χ1n) is 11.2. The molecule has 2 fully saturated rings. The lowest BCUT2D eigenvalue weighted by Gasteiger charge is -2.26. The largest absolute Gasteiger partial charge is 0.497 e. The number of ether oxygens (including phenoxy) is 5. The smallest absolute Gasteiger partial charge is 0.319 e. The summed E-state index contributed by atoms with van der Waals surface area (Å²) in [4.78, 5) is 12.3. The van der Waals surface area contributed by atoms with Gasteiger partial charge >= 0.3 is 6.03 Å². The molecular formula is C23H36N2O6. The highest BCUT2D eigenvalue weighted by molar-refractivity contribution is 5.89. The first-order valence-corrected chi connectivity index (χ1v) is 11.2. The van der Waals surface area contributed by atoms with Gasteiger partial charge in [0.1, 0.15) is 24.1 Å². The van der Waals surface area contributed by atoms with Crippen molar-refractivity contribution in [3.05, 3.63) is 24.3 Å². The summed E-state index contributed by atoms with van der Waals surface area (Å²) in [5.74, 6) is 0.0248. The van der Waals surface area contributed by atoms with Gasteiger partial charge in [-0.2, -0.15) is 0 Å². The van der Waals surface area contributed by atoms with E-state index >= 15 is 0 Å². The fourth-order valence-corrected chi connectivity index (χ4v) is 3.88. The Hall–Kier alpha value is -1.87. The fraction of sp³-hybridized carbons (Fsp3) is 0.696. The number of amides is 2. The molecule has 31 heavy (non-hydrogen) atoms. The molecule has 0 aliphatic carbocycles. The molecule has 0 unspecified atom stereocenters. The van der Waals surface area contributed by atoms with Crippen LogP contribution in [0.5, 0.6) is 5.75 Å². The Labute approximate surface area is 184 Å². The second-order valence-corrected chi connectivity index (χ2v) is 8.46. The Morgan fingerprint density at radius 1 is 1.10 bits per heavy atom. The van der Waals surface area contributed by atoms with E-state index in [0.717, 1.165) is 18.6 Å². The van der Waals surface area contributed by atoms with Crippen molar-refractivity contribution in [2.24, 2.45) is 0 Å². The molecule has 0 radical (unpaired) electrons. The van der Waals surface area contributed by atoms with Gasteiger partial charge in [-0.05, 0) is 44.5 Å². The van der Waals surface area contributed by atoms with E-state index in [2.05, 4.69) is 17.6 Å². The Kier molecular flexibility index (Phi) is 8.54. The fourth-order valence-electron chi connectivity index (χ4n) is 3.88. The van der Waals surface area contributed by atoms with Gasteiger partial charge in [-0.1, -0.05) is 32.6 Å². The van der Waals surface area contributed by atoms with Crippen LogP contribution in [0, 0.1) is 0 Å². The van der Waals surface area contributed by atoms with Crippen LogP contribution in [0.4, 0.5) is 10.5 Å². The van der Waals surface area contributed by atoms with Gasteiger partial charge in [0.15, 0.2) is 12.1 Å². The quantitative estimate of drug-likeness (QED) is 0.509. The van der Waals surface area contributed by atoms with Crippen molar-refractivity contribution in [1.29, 1.82) is 0 Å². The van der Waals surface area contributed by atoms with Crippen LogP contribution in [0.15, 0.2) is 24.3 Å². The van der Waals surface area contributed by atoms with E-state index < -0.39 is 12.1 Å². The van der Waals surface area contributed by atoms with Gasteiger partial charge in [0.05, 0.1) is 7.11 Å². The molecule has 2 heterocycles. The maximum absolute atomic E-state index is 12.3. The van der Waals surface area contributed by atoms with Crippen molar-refractivity contribution in [2.75, 3.05) is 25.6 Å². The number of fused-ring (bicyclic) bond motifs is 1. The zero-order valence-electron chi connectivity index (χ0n) is 19.0. The number of nitrogens with one attached hydrogen (secondary N) is 2. The second kappa shape index (κ2) is 11.1. The summed E-state index contributed by atoms with van der Waals surface area (Å²) in [6, 6.07) is 6.83. The maximum Gasteiger partial charge on any atom is 0.319 e. The minimum absolute atomic E-state index is 0.292. The number of hydrogen-bond acceptors (Lipinski definition) is 6. The number of hydrogen-bond donors (Lipinski definition) is 2. The van der Waals surface area contributed by atoms with Gasteiger partial charge in [-0.25, -0.2) is 4.79 Å². The normalized spacial score (nSPS) is 26.5. The number of urea groups is 1. The van der Waals surface area contributed by atoms with E-state index in [4.69, 9.17) is 23.7 Å². The molecule has 0 saturated carbocycles. The molecule has 8 heteroatoms. The summed E-state index contributed by atoms with van der Waals surface area (Å²) < 4.78 is 29.2. The van der Waals surface area contributed by atoms with Gasteiger partial charge < -0.3 is 34.3 Å². The van der Waals surface area contributed by atoms with E-state index in [0.29, 0.717) is 18.8 Å². The molecule has 4 atom stereocenters. The number of carbonyl (C=O) groups is 1. The molecule has 0 spiro atoms. The highest BCUT2D eigenvalue weighted by Gasteiger charge is 2.55. The molecule has 3 rings (SSSR count). The summed E-state index contributed by atoms with van der Waals surface area (Å²) in [6.45, 7) is 6.87. The summed E-state index contributed by atoms with van der Waals surface area (Å²) in [5.41, 5.74) is 0.677. The first kappa shape index (κ1) is 23.8. The molecule has 2 aliphatic heterocycles. The molecule has 2 saturated heterocycles. The predicted octanol–water partition coefficient (Wildman–Crippen LogP) is 4.05. The average Bonchev–Trinajstić information content (AvgIpc) is 3.21. The minimum atomic E-state index is -0.706. The van der Waals surface area contributed by atoms with Crippen LogP contribution in [-0.2, 0) is 18.9 Å². The van der Waals surface area contributed by atoms with Gasteiger partial charge in [0.25, 0.3) is 0 Å². The summed E-state index contributed by atoms with van der Waals surface area (Å²) in [7, 11) is 1.60. The van der Waals surface area contributed by atoms with E-state index in [1.165, 1.54) is 19.3 Å². The number of benzene rings is 1. The lowest BCUT2D eigenvalue weighted by molar-refractivity contribution is -0.217. The zero-order chi connectivity index (χ0) is 22.3. The number of methoxy groups -OCH3 is 1. The third-order valence-electron chi connectivity index (χ3n) is 5.46. The maximum atomic E-state index is 12.3. The number of rotatable bonds is 11. The molecule has 174 valence electrons. The van der Waals surface area contributed by atoms with E-state index in [9.17, 15) is 4.79 Å². The van der Waals surface area contributed by atoms with E-state index in [1.807, 2.05) is 13.8 Å². The first-order chi connectivity index (χ1) is 14.9. The topological polar surface area (TPSA) is 87.3 Å². The monoisotopic (exact) mass is 436 g/mol. The van der Waals surface area contributed by atoms with E-state index in [1.54, 1.807) is 31.4 Å². The SMILES string of the molecule is CCCCCCCO[C@H]1[C@H]2OC(C)(C)O[C@H]2O[C@@H]1CNC(=O)Nc1ccc(OC)cc1. The number of anilines is 1. The van der Waals surface area contributed by atoms with Crippen LogP contribution in [-0.4, -0.2) is 56.7 Å². The van der Waals surface area contributed by atoms with Crippen molar-refractivity contribution in [3.8, 4) is 5.75 Å². The van der Waals surface area contributed by atoms with Crippen LogP contribution in [0.3, 0.4) is 0 Å². The summed E-state index contributed by atoms with van der Waals surface area (Å²) in [5, 5.41) is 5.67. The van der Waals surface area contributed by atoms with Crippen LogP contribution in [0.25, 0.3) is 0 Å². The van der Waals surface area contributed by atoms with Crippen LogP contribution < -0.4 is 15.4 Å². The third-order valence-corrected chi connectivity index (χ3v) is 5.46. The Morgan fingerprint density at radius 3 is 2.55 bits per heavy atom. The molecule has 2 aliphatic rings. The molecular weight excluding hydrogens is 400 g/mol. The highest BCUT2D eigenvalue weighted by Crippen LogP contribution is 2.38. The van der Waals surface area contributed by atoms with Crippen molar-refractivity contribution >= 4 is 11.7 Å². The van der Waals surface area contributed by atoms with Crippen LogP contribution >= 0.6 is 0 Å². The van der Waals surface area contributed by atoms with Crippen LogP contribution in [0.2, 0.25) is 0 Å². The Bertz CT molecular complexity index is 696. The van der Waals surface area contributed by atoms with Crippen molar-refractivity contribution in [3.63, 3.8) is 0 Å². The van der Waals surface area contributed by atoms with Gasteiger partial charge in [0, 0.05) is 18.8 Å². The van der Waals surface area contributed by atoms with Crippen molar-refractivity contribution < 1.29 is 28.5 Å². The molecule has 0 bridgehead atoms. The van der Waals surface area contributed by atoms with E-state index in [-0.39, 0.29) is 24.3 Å². The zero-order valence-corrected chi connectivity index (χ0v) is 19.0. The second-order valence-electron chi connectivity index (χ2n) is 8.46. The van der Waals surface area contributed by atoms with Crippen molar-refractivity contribution in [2.45, 2.75) is 83.3 Å². The van der Waals surface area contributed by atoms with Gasteiger partial charge in [-0.15, -0.1) is 0 Å². The number of unbranched alkanes of at least 4 members (excludes halogenated alkanes) is 4. The van der Waals surface area contributed by atoms with Gasteiger partial charge in [-0.3, -0.25) is 0 Å². The molecule has 2 N–H and O–H groups in total. The molecule has 8 nitrogen and oxygen atoms in total. The minimum Gasteiger partial charge on any atom is -0.497 e. The van der Waals surface area contributed by atoms with Crippen molar-refractivity contribution in [1.82, 2.24) is 5.32 Å². The summed E-state index contributed by atoms with van der Waals surface area (Å²) in [6.07, 6.45) is 4.39. The predicted molar refractivity (Wildman–Crippen MR) is 117 cm³/mol. The molecule has 0 aromatic heterocycles. The highest BCUT2D eigenvalue weighted by atomic mass is 16.8. The molecule has 2 amide bonds. The third kappa shape index (κ3) is 6.80. The molecule has 1 aromatic rings. The standard InChI is InChI=1S/C23H36N2O6/c1-5-6-7-8-9-14-28-19-18(29-21-20(19)30-23(2,3)31-21)15-24-22(26)25-16-10-12-17(27-4)13-11-16/h10-13,18-21H,5-9,14-15H2,1-4H3,(H2,24,25,26)/t18-,19-,20-,21-/m1/s1. The average molecular weight is 437 g/mol. The Balaban J connectivity index is 1.49. The van der Waals surface area contributed by atoms with Gasteiger partial charge in [0.2, 0.25) is 0 Å². The lowest BCUT2D eigenvalue weighted by atomic mass is 10.1. The number of carbonyl (C=O) groups excluding carboxylic acids is 1. The van der Waals surface area contributed by atoms with Crippen LogP contribution in [0.1, 0.15) is 52.9 Å².